The number of rotatable bonds is 5. The average molecular weight is 317 g/mol. The molecule has 0 bridgehead atoms. The molecule has 0 aliphatic heterocycles. The zero-order valence-corrected chi connectivity index (χ0v) is 13.2. The normalized spacial score (nSPS) is 10.9. The molecule has 0 unspecified atom stereocenters. The van der Waals surface area contributed by atoms with E-state index in [-0.39, 0.29) is 0 Å². The van der Waals surface area contributed by atoms with Crippen molar-refractivity contribution in [1.29, 1.82) is 0 Å². The molecular formula is C14H15N5S2. The maximum atomic E-state index is 5.50. The van der Waals surface area contributed by atoms with Gasteiger partial charge in [-0.25, -0.2) is 10.1 Å². The zero-order valence-electron chi connectivity index (χ0n) is 11.5. The lowest BCUT2D eigenvalue weighted by Gasteiger charge is -1.98. The fourth-order valence-corrected chi connectivity index (χ4v) is 3.48. The third-order valence-corrected chi connectivity index (χ3v) is 4.81. The van der Waals surface area contributed by atoms with Crippen LogP contribution in [-0.4, -0.2) is 20.2 Å². The van der Waals surface area contributed by atoms with Crippen molar-refractivity contribution in [3.63, 3.8) is 0 Å². The minimum atomic E-state index is 0.340. The number of thiazole rings is 1. The van der Waals surface area contributed by atoms with Gasteiger partial charge < -0.3 is 5.73 Å². The molecule has 2 aromatic heterocycles. The van der Waals surface area contributed by atoms with Crippen molar-refractivity contribution in [1.82, 2.24) is 20.2 Å². The molecule has 0 radical (unpaired) electrons. The summed E-state index contributed by atoms with van der Waals surface area (Å²) in [6, 6.07) is 8.57. The Morgan fingerprint density at radius 1 is 1.24 bits per heavy atom. The number of aryl methyl sites for hydroxylation is 1. The second-order valence-electron chi connectivity index (χ2n) is 4.49. The minimum Gasteiger partial charge on any atom is -0.368 e. The molecule has 3 rings (SSSR count). The van der Waals surface area contributed by atoms with E-state index in [1.807, 2.05) is 0 Å². The molecule has 5 nitrogen and oxygen atoms in total. The van der Waals surface area contributed by atoms with E-state index in [4.69, 9.17) is 5.73 Å². The summed E-state index contributed by atoms with van der Waals surface area (Å²) in [7, 11) is 0. The van der Waals surface area contributed by atoms with Crippen LogP contribution < -0.4 is 5.73 Å². The Labute approximate surface area is 131 Å². The highest BCUT2D eigenvalue weighted by Crippen LogP contribution is 2.27. The summed E-state index contributed by atoms with van der Waals surface area (Å²) >= 11 is 3.18. The lowest BCUT2D eigenvalue weighted by atomic mass is 10.1. The highest BCUT2D eigenvalue weighted by Gasteiger charge is 2.07. The monoisotopic (exact) mass is 317 g/mol. The van der Waals surface area contributed by atoms with Crippen LogP contribution in [0.5, 0.6) is 0 Å². The molecule has 0 saturated carbocycles. The highest BCUT2D eigenvalue weighted by atomic mass is 32.2. The Morgan fingerprint density at radius 2 is 2.05 bits per heavy atom. The van der Waals surface area contributed by atoms with Crippen LogP contribution in [0.15, 0.2) is 34.8 Å². The molecule has 0 amide bonds. The molecule has 3 aromatic rings. The number of benzene rings is 1. The largest absolute Gasteiger partial charge is 0.368 e. The molecular weight excluding hydrogens is 302 g/mol. The van der Waals surface area contributed by atoms with E-state index in [1.165, 1.54) is 17.3 Å². The van der Waals surface area contributed by atoms with Gasteiger partial charge in [-0.3, -0.25) is 0 Å². The number of hydrogen-bond acceptors (Lipinski definition) is 6. The molecule has 1 aromatic carbocycles. The van der Waals surface area contributed by atoms with E-state index in [0.717, 1.165) is 28.4 Å². The third-order valence-electron chi connectivity index (χ3n) is 2.99. The maximum Gasteiger partial charge on any atom is 0.216 e. The lowest BCUT2D eigenvalue weighted by Crippen LogP contribution is -1.86. The standard InChI is InChI=1S/C14H15N5S2/c1-2-9-3-5-10(6-4-9)12-16-11(7-20-12)8-21-14-17-13(15)18-19-14/h3-7H,2,8H2,1H3,(H3,15,17,18,19). The number of nitrogen functional groups attached to an aromatic ring is 1. The number of anilines is 1. The van der Waals surface area contributed by atoms with Gasteiger partial charge in [-0.2, -0.15) is 4.98 Å². The van der Waals surface area contributed by atoms with E-state index in [2.05, 4.69) is 56.7 Å². The fourth-order valence-electron chi connectivity index (χ4n) is 1.85. The number of H-pyrrole nitrogens is 1. The molecule has 0 spiro atoms. The summed E-state index contributed by atoms with van der Waals surface area (Å²) in [6.45, 7) is 2.16. The Kier molecular flexibility index (Phi) is 4.21. The first-order chi connectivity index (χ1) is 10.2. The van der Waals surface area contributed by atoms with E-state index in [9.17, 15) is 0 Å². The van der Waals surface area contributed by atoms with Gasteiger partial charge in [0.2, 0.25) is 11.1 Å². The number of thioether (sulfide) groups is 1. The van der Waals surface area contributed by atoms with Crippen molar-refractivity contribution >= 4 is 29.0 Å². The van der Waals surface area contributed by atoms with Crippen molar-refractivity contribution in [2.75, 3.05) is 5.73 Å². The molecule has 0 aliphatic carbocycles. The molecule has 21 heavy (non-hydrogen) atoms. The molecule has 0 fully saturated rings. The smallest absolute Gasteiger partial charge is 0.216 e. The van der Waals surface area contributed by atoms with E-state index < -0.39 is 0 Å². The van der Waals surface area contributed by atoms with Crippen LogP contribution in [0.2, 0.25) is 0 Å². The lowest BCUT2D eigenvalue weighted by molar-refractivity contribution is 0.972. The predicted octanol–water partition coefficient (Wildman–Crippen LogP) is 3.37. The van der Waals surface area contributed by atoms with Crippen molar-refractivity contribution in [2.24, 2.45) is 0 Å². The van der Waals surface area contributed by atoms with Crippen LogP contribution in [0.25, 0.3) is 10.6 Å². The molecule has 3 N–H and O–H groups in total. The summed E-state index contributed by atoms with van der Waals surface area (Å²) in [6.07, 6.45) is 1.06. The molecule has 108 valence electrons. The summed E-state index contributed by atoms with van der Waals surface area (Å²) in [4.78, 5) is 8.72. The zero-order chi connectivity index (χ0) is 14.7. The predicted molar refractivity (Wildman–Crippen MR) is 87.3 cm³/mol. The minimum absolute atomic E-state index is 0.340. The van der Waals surface area contributed by atoms with Gasteiger partial charge in [0.1, 0.15) is 5.01 Å². The third kappa shape index (κ3) is 3.43. The number of nitrogens with two attached hydrogens (primary N) is 1. The van der Waals surface area contributed by atoms with Crippen LogP contribution in [0, 0.1) is 0 Å². The van der Waals surface area contributed by atoms with Crippen molar-refractivity contribution < 1.29 is 0 Å². The Bertz CT molecular complexity index is 717. The van der Waals surface area contributed by atoms with Gasteiger partial charge in [-0.15, -0.1) is 16.4 Å². The fraction of sp³-hybridized carbons (Fsp3) is 0.214. The molecule has 7 heteroatoms. The van der Waals surface area contributed by atoms with Gasteiger partial charge in [-0.05, 0) is 12.0 Å². The second kappa shape index (κ2) is 6.28. The number of nitrogens with one attached hydrogen (secondary N) is 1. The van der Waals surface area contributed by atoms with Crippen LogP contribution in [0.3, 0.4) is 0 Å². The van der Waals surface area contributed by atoms with Crippen molar-refractivity contribution in [2.45, 2.75) is 24.3 Å². The van der Waals surface area contributed by atoms with Gasteiger partial charge in [0.15, 0.2) is 0 Å². The Balaban J connectivity index is 1.67. The first-order valence-electron chi connectivity index (χ1n) is 6.59. The summed E-state index contributed by atoms with van der Waals surface area (Å²) < 4.78 is 0. The van der Waals surface area contributed by atoms with Crippen LogP contribution >= 0.6 is 23.1 Å². The van der Waals surface area contributed by atoms with E-state index in [1.54, 1.807) is 11.3 Å². The van der Waals surface area contributed by atoms with Crippen molar-refractivity contribution in [3.8, 4) is 10.6 Å². The Hall–Kier alpha value is -1.86. The quantitative estimate of drug-likeness (QED) is 0.705. The van der Waals surface area contributed by atoms with Crippen molar-refractivity contribution in [3.05, 3.63) is 40.9 Å². The summed E-state index contributed by atoms with van der Waals surface area (Å²) in [5, 5.41) is 10.4. The van der Waals surface area contributed by atoms with Gasteiger partial charge in [-0.1, -0.05) is 43.0 Å². The van der Waals surface area contributed by atoms with Crippen LogP contribution in [0.1, 0.15) is 18.2 Å². The van der Waals surface area contributed by atoms with Gasteiger partial charge in [0.25, 0.3) is 0 Å². The van der Waals surface area contributed by atoms with Gasteiger partial charge >= 0.3 is 0 Å². The van der Waals surface area contributed by atoms with E-state index in [0.29, 0.717) is 11.1 Å². The SMILES string of the molecule is CCc1ccc(-c2nc(CSc3n[nH]c(N)n3)cs2)cc1. The van der Waals surface area contributed by atoms with E-state index >= 15 is 0 Å². The van der Waals surface area contributed by atoms with Gasteiger partial charge in [0.05, 0.1) is 5.69 Å². The molecule has 0 saturated heterocycles. The number of hydrogen-bond donors (Lipinski definition) is 2. The van der Waals surface area contributed by atoms with Crippen LogP contribution in [-0.2, 0) is 12.2 Å². The Morgan fingerprint density at radius 3 is 2.71 bits per heavy atom. The molecule has 0 aliphatic rings. The topological polar surface area (TPSA) is 80.5 Å². The van der Waals surface area contributed by atoms with Crippen LogP contribution in [0.4, 0.5) is 5.95 Å². The highest BCUT2D eigenvalue weighted by molar-refractivity contribution is 7.98. The number of nitrogens with zero attached hydrogens (tertiary/aromatic N) is 3. The maximum absolute atomic E-state index is 5.50. The summed E-state index contributed by atoms with van der Waals surface area (Å²) in [5.74, 6) is 1.08. The van der Waals surface area contributed by atoms with Gasteiger partial charge in [0, 0.05) is 16.7 Å². The first kappa shape index (κ1) is 14.1. The summed E-state index contributed by atoms with van der Waals surface area (Å²) in [5.41, 5.74) is 9.03. The molecule has 2 heterocycles. The number of aromatic amines is 1. The average Bonchev–Trinajstić information content (AvgIpc) is 3.14. The molecule has 0 atom stereocenters. The number of aromatic nitrogens is 4. The first-order valence-corrected chi connectivity index (χ1v) is 8.45. The second-order valence-corrected chi connectivity index (χ2v) is 6.29.